The van der Waals surface area contributed by atoms with E-state index in [1.807, 2.05) is 0 Å². The maximum absolute atomic E-state index is 13.9. The molecule has 3 rings (SSSR count). The molecular formula is C21H14F6O6. The molecule has 12 heteroatoms. The van der Waals surface area contributed by atoms with Crippen molar-refractivity contribution in [2.24, 2.45) is 0 Å². The Morgan fingerprint density at radius 1 is 1.06 bits per heavy atom. The summed E-state index contributed by atoms with van der Waals surface area (Å²) in [6.45, 7) is 1.24. The molecule has 0 aliphatic carbocycles. The van der Waals surface area contributed by atoms with E-state index in [1.165, 1.54) is 6.92 Å². The van der Waals surface area contributed by atoms with Crippen molar-refractivity contribution < 1.29 is 55.9 Å². The molecule has 3 N–H and O–H groups in total. The highest BCUT2D eigenvalue weighted by atomic mass is 19.4. The molecule has 176 valence electrons. The maximum atomic E-state index is 13.9. The number of fused-ring (bicyclic) bond motifs is 1. The van der Waals surface area contributed by atoms with Gasteiger partial charge in [0.25, 0.3) is 0 Å². The lowest BCUT2D eigenvalue weighted by Crippen LogP contribution is -2.37. The third-order valence-electron chi connectivity index (χ3n) is 4.50. The van der Waals surface area contributed by atoms with Crippen LogP contribution in [0.25, 0.3) is 17.7 Å². The van der Waals surface area contributed by atoms with Crippen molar-refractivity contribution >= 4 is 23.7 Å². The Morgan fingerprint density at radius 3 is 2.27 bits per heavy atom. The lowest BCUT2D eigenvalue weighted by Gasteiger charge is -2.31. The van der Waals surface area contributed by atoms with Crippen LogP contribution in [-0.2, 0) is 4.79 Å². The molecule has 2 aromatic carbocycles. The normalized spacial score (nSPS) is 16.2. The maximum Gasteiger partial charge on any atom is 0.573 e. The van der Waals surface area contributed by atoms with E-state index < -0.39 is 47.4 Å². The van der Waals surface area contributed by atoms with Crippen LogP contribution in [-0.4, -0.2) is 39.9 Å². The fourth-order valence-electron chi connectivity index (χ4n) is 3.26. The van der Waals surface area contributed by atoms with Crippen LogP contribution in [0.3, 0.4) is 0 Å². The van der Waals surface area contributed by atoms with E-state index in [0.29, 0.717) is 6.08 Å². The van der Waals surface area contributed by atoms with Gasteiger partial charge in [0.1, 0.15) is 11.5 Å². The Labute approximate surface area is 181 Å². The number of alkyl halides is 6. The van der Waals surface area contributed by atoms with E-state index in [1.54, 1.807) is 0 Å². The van der Waals surface area contributed by atoms with Crippen LogP contribution in [0.4, 0.5) is 26.3 Å². The SMILES string of the molecule is Cc1cc(OC(F)(F)F)cc2c1OC(C(F)(F)F)C(c1cc(O)c(O)cc1/C=C/C(=O)O)=C2. The van der Waals surface area contributed by atoms with Crippen molar-refractivity contribution in [3.63, 3.8) is 0 Å². The number of ether oxygens (including phenoxy) is 2. The van der Waals surface area contributed by atoms with Gasteiger partial charge in [0.2, 0.25) is 6.10 Å². The van der Waals surface area contributed by atoms with Crippen LogP contribution in [0.5, 0.6) is 23.0 Å². The number of phenols is 2. The molecule has 6 nitrogen and oxygen atoms in total. The highest BCUT2D eigenvalue weighted by molar-refractivity contribution is 5.94. The number of halogens is 6. The molecule has 1 unspecified atom stereocenters. The number of phenolic OH excluding ortho intramolecular Hbond substituents is 2. The van der Waals surface area contributed by atoms with Gasteiger partial charge in [-0.3, -0.25) is 0 Å². The van der Waals surface area contributed by atoms with Gasteiger partial charge in [-0.15, -0.1) is 13.2 Å². The summed E-state index contributed by atoms with van der Waals surface area (Å²) in [7, 11) is 0. The molecule has 0 saturated carbocycles. The summed E-state index contributed by atoms with van der Waals surface area (Å²) in [6, 6.07) is 3.29. The molecule has 1 aliphatic rings. The van der Waals surface area contributed by atoms with E-state index in [9.17, 15) is 41.4 Å². The second kappa shape index (κ2) is 8.26. The largest absolute Gasteiger partial charge is 0.573 e. The fourth-order valence-corrected chi connectivity index (χ4v) is 3.26. The van der Waals surface area contributed by atoms with Gasteiger partial charge >= 0.3 is 18.5 Å². The summed E-state index contributed by atoms with van der Waals surface area (Å²) in [4.78, 5) is 10.9. The van der Waals surface area contributed by atoms with E-state index in [2.05, 4.69) is 4.74 Å². The molecule has 0 bridgehead atoms. The number of aryl methyl sites for hydroxylation is 1. The highest BCUT2D eigenvalue weighted by Crippen LogP contribution is 2.46. The molecule has 1 heterocycles. The fraction of sp³-hybridized carbons (Fsp3) is 0.190. The predicted molar refractivity (Wildman–Crippen MR) is 103 cm³/mol. The van der Waals surface area contributed by atoms with Gasteiger partial charge in [0, 0.05) is 17.2 Å². The van der Waals surface area contributed by atoms with Gasteiger partial charge in [-0.05, 0) is 60.0 Å². The zero-order valence-electron chi connectivity index (χ0n) is 16.5. The molecule has 0 amide bonds. The molecule has 0 fully saturated rings. The Morgan fingerprint density at radius 2 is 1.70 bits per heavy atom. The van der Waals surface area contributed by atoms with Crippen LogP contribution >= 0.6 is 0 Å². The van der Waals surface area contributed by atoms with Crippen molar-refractivity contribution in [3.05, 3.63) is 52.6 Å². The number of aromatic hydroxyl groups is 2. The lowest BCUT2D eigenvalue weighted by molar-refractivity contribution is -0.274. The summed E-state index contributed by atoms with van der Waals surface area (Å²) in [6.07, 6.45) is -10.3. The van der Waals surface area contributed by atoms with Crippen molar-refractivity contribution in [2.75, 3.05) is 0 Å². The van der Waals surface area contributed by atoms with Crippen molar-refractivity contribution in [1.82, 2.24) is 0 Å². The third-order valence-corrected chi connectivity index (χ3v) is 4.50. The quantitative estimate of drug-likeness (QED) is 0.316. The zero-order chi connectivity index (χ0) is 24.7. The second-order valence-corrected chi connectivity index (χ2v) is 6.95. The minimum Gasteiger partial charge on any atom is -0.504 e. The van der Waals surface area contributed by atoms with Crippen LogP contribution in [0, 0.1) is 6.92 Å². The van der Waals surface area contributed by atoms with Gasteiger partial charge in [-0.1, -0.05) is 0 Å². The lowest BCUT2D eigenvalue weighted by atomic mass is 9.90. The van der Waals surface area contributed by atoms with Gasteiger partial charge in [0.15, 0.2) is 11.5 Å². The number of carboxylic acid groups (broad SMARTS) is 1. The van der Waals surface area contributed by atoms with E-state index >= 15 is 0 Å². The first kappa shape index (κ1) is 23.8. The molecule has 0 saturated heterocycles. The van der Waals surface area contributed by atoms with Crippen LogP contribution in [0.15, 0.2) is 30.3 Å². The molecule has 0 aromatic heterocycles. The number of hydrogen-bond acceptors (Lipinski definition) is 5. The molecule has 0 spiro atoms. The zero-order valence-corrected chi connectivity index (χ0v) is 16.5. The number of carboxylic acids is 1. The summed E-state index contributed by atoms with van der Waals surface area (Å²) < 4.78 is 88.4. The van der Waals surface area contributed by atoms with E-state index in [0.717, 1.165) is 36.4 Å². The first-order valence-corrected chi connectivity index (χ1v) is 8.98. The Bertz CT molecular complexity index is 1160. The summed E-state index contributed by atoms with van der Waals surface area (Å²) in [5, 5.41) is 28.4. The van der Waals surface area contributed by atoms with Crippen LogP contribution in [0.1, 0.15) is 22.3 Å². The topological polar surface area (TPSA) is 96.2 Å². The first-order valence-electron chi connectivity index (χ1n) is 8.98. The number of hydrogen-bond donors (Lipinski definition) is 3. The van der Waals surface area contributed by atoms with Crippen molar-refractivity contribution in [1.29, 1.82) is 0 Å². The summed E-state index contributed by atoms with van der Waals surface area (Å²) in [5.41, 5.74) is -1.46. The summed E-state index contributed by atoms with van der Waals surface area (Å²) >= 11 is 0. The molecule has 2 aromatic rings. The van der Waals surface area contributed by atoms with Crippen LogP contribution in [0.2, 0.25) is 0 Å². The van der Waals surface area contributed by atoms with Gasteiger partial charge in [0.05, 0.1) is 0 Å². The average molecular weight is 476 g/mol. The molecule has 0 radical (unpaired) electrons. The van der Waals surface area contributed by atoms with E-state index in [-0.39, 0.29) is 28.0 Å². The van der Waals surface area contributed by atoms with Gasteiger partial charge < -0.3 is 24.8 Å². The van der Waals surface area contributed by atoms with Crippen LogP contribution < -0.4 is 9.47 Å². The molecule has 1 atom stereocenters. The predicted octanol–water partition coefficient (Wildman–Crippen LogP) is 5.27. The Kier molecular flexibility index (Phi) is 5.96. The van der Waals surface area contributed by atoms with Gasteiger partial charge in [-0.2, -0.15) is 13.2 Å². The number of rotatable bonds is 4. The standard InChI is InChI=1S/C21H14F6O6/c1-9-4-12(33-21(25,26)27)5-11-6-14(19(20(22,23)24)32-18(9)11)13-8-16(29)15(28)7-10(13)2-3-17(30)31/h2-8,19,28-29H,1H3,(H,30,31)/b3-2+. The van der Waals surface area contributed by atoms with Crippen molar-refractivity contribution in [2.45, 2.75) is 25.6 Å². The monoisotopic (exact) mass is 476 g/mol. The summed E-state index contributed by atoms with van der Waals surface area (Å²) in [5.74, 6) is -4.01. The average Bonchev–Trinajstić information content (AvgIpc) is 2.65. The molecule has 1 aliphatic heterocycles. The second-order valence-electron chi connectivity index (χ2n) is 6.95. The smallest absolute Gasteiger partial charge is 0.504 e. The third kappa shape index (κ3) is 5.33. The minimum absolute atomic E-state index is 0.0594. The molecule has 33 heavy (non-hydrogen) atoms. The Hall–Kier alpha value is -3.83. The number of benzene rings is 2. The van der Waals surface area contributed by atoms with Gasteiger partial charge in [-0.25, -0.2) is 4.79 Å². The van der Waals surface area contributed by atoms with Crippen molar-refractivity contribution in [3.8, 4) is 23.0 Å². The highest BCUT2D eigenvalue weighted by Gasteiger charge is 2.47. The number of aliphatic carboxylic acids is 1. The number of carbonyl (C=O) groups is 1. The Balaban J connectivity index is 2.26. The minimum atomic E-state index is -5.05. The first-order chi connectivity index (χ1) is 15.2. The van der Waals surface area contributed by atoms with E-state index in [4.69, 9.17) is 9.84 Å². The molecular weight excluding hydrogens is 462 g/mol.